The lowest BCUT2D eigenvalue weighted by molar-refractivity contribution is 0.601. The van der Waals surface area contributed by atoms with E-state index in [1.807, 2.05) is 0 Å². The van der Waals surface area contributed by atoms with Gasteiger partial charge in [0.15, 0.2) is 0 Å². The number of hydrogen-bond acceptors (Lipinski definition) is 4. The Hall–Kier alpha value is -1.60. The largest absolute Gasteiger partial charge is 0.399 e. The molecule has 2 aromatic rings. The van der Waals surface area contributed by atoms with Gasteiger partial charge in [-0.2, -0.15) is 0 Å². The zero-order valence-corrected chi connectivity index (χ0v) is 12.5. The van der Waals surface area contributed by atoms with Crippen molar-refractivity contribution in [3.8, 4) is 0 Å². The Kier molecular flexibility index (Phi) is 3.77. The van der Waals surface area contributed by atoms with Crippen LogP contribution in [0.15, 0.2) is 45.9 Å². The van der Waals surface area contributed by atoms with E-state index in [4.69, 9.17) is 5.73 Å². The number of nitrogens with zero attached hydrogens (tertiary/aromatic N) is 1. The van der Waals surface area contributed by atoms with Gasteiger partial charge in [0.1, 0.15) is 5.82 Å². The Morgan fingerprint density at radius 3 is 2.58 bits per heavy atom. The molecule has 0 spiro atoms. The lowest BCUT2D eigenvalue weighted by Crippen LogP contribution is -2.14. The molecule has 0 fully saturated rings. The van der Waals surface area contributed by atoms with Crippen LogP contribution in [0.5, 0.6) is 0 Å². The van der Waals surface area contributed by atoms with Gasteiger partial charge >= 0.3 is 0 Å². The number of anilines is 2. The maximum Gasteiger partial charge on any atom is 0.263 e. The van der Waals surface area contributed by atoms with E-state index in [-0.39, 0.29) is 10.7 Å². The number of nitrogens with one attached hydrogen (secondary N) is 1. The number of aryl methyl sites for hydroxylation is 1. The van der Waals surface area contributed by atoms with Gasteiger partial charge in [-0.3, -0.25) is 4.72 Å². The summed E-state index contributed by atoms with van der Waals surface area (Å²) in [6.45, 7) is 1.78. The Bertz CT molecular complexity index is 679. The van der Waals surface area contributed by atoms with Crippen LogP contribution in [0.3, 0.4) is 0 Å². The Labute approximate surface area is 120 Å². The molecule has 0 saturated heterocycles. The smallest absolute Gasteiger partial charge is 0.263 e. The monoisotopic (exact) mass is 341 g/mol. The molecule has 19 heavy (non-hydrogen) atoms. The topological polar surface area (TPSA) is 85.1 Å². The fourth-order valence-corrected chi connectivity index (χ4v) is 2.95. The van der Waals surface area contributed by atoms with Crippen LogP contribution in [-0.2, 0) is 10.0 Å². The summed E-state index contributed by atoms with van der Waals surface area (Å²) in [5.41, 5.74) is 6.84. The van der Waals surface area contributed by atoms with Crippen LogP contribution in [-0.4, -0.2) is 13.4 Å². The zero-order valence-electron chi connectivity index (χ0n) is 10.1. The molecule has 0 bridgehead atoms. The molecule has 7 heteroatoms. The van der Waals surface area contributed by atoms with Gasteiger partial charge in [0.05, 0.1) is 4.90 Å². The van der Waals surface area contributed by atoms with Gasteiger partial charge in [0.2, 0.25) is 0 Å². The van der Waals surface area contributed by atoms with E-state index in [2.05, 4.69) is 25.6 Å². The number of benzene rings is 1. The molecular weight excluding hydrogens is 330 g/mol. The molecule has 3 N–H and O–H groups in total. The summed E-state index contributed by atoms with van der Waals surface area (Å²) < 4.78 is 27.5. The van der Waals surface area contributed by atoms with E-state index < -0.39 is 10.0 Å². The van der Waals surface area contributed by atoms with Gasteiger partial charge in [0.25, 0.3) is 10.0 Å². The van der Waals surface area contributed by atoms with Gasteiger partial charge in [-0.25, -0.2) is 13.4 Å². The molecule has 0 aliphatic heterocycles. The second-order valence-electron chi connectivity index (χ2n) is 4.05. The molecule has 1 heterocycles. The fourth-order valence-electron chi connectivity index (χ4n) is 1.56. The van der Waals surface area contributed by atoms with Crippen molar-refractivity contribution in [3.63, 3.8) is 0 Å². The average molecular weight is 342 g/mol. The molecule has 0 saturated carbocycles. The third kappa shape index (κ3) is 3.45. The SMILES string of the molecule is Cc1cc(N)cc(S(=O)(=O)Nc2ccc(Br)cn2)c1. The molecule has 0 aliphatic rings. The highest BCUT2D eigenvalue weighted by Gasteiger charge is 2.15. The number of nitrogen functional groups attached to an aromatic ring is 1. The van der Waals surface area contributed by atoms with Crippen molar-refractivity contribution in [1.29, 1.82) is 0 Å². The first-order valence-corrected chi connectivity index (χ1v) is 7.66. The third-order valence-corrected chi connectivity index (χ3v) is 4.15. The second-order valence-corrected chi connectivity index (χ2v) is 6.64. The van der Waals surface area contributed by atoms with Gasteiger partial charge < -0.3 is 5.73 Å². The number of halogens is 1. The Balaban J connectivity index is 2.34. The summed E-state index contributed by atoms with van der Waals surface area (Å²) >= 11 is 3.23. The molecule has 0 aliphatic carbocycles. The Morgan fingerprint density at radius 2 is 2.00 bits per heavy atom. The van der Waals surface area contributed by atoms with Gasteiger partial charge in [0, 0.05) is 16.4 Å². The minimum atomic E-state index is -3.68. The van der Waals surface area contributed by atoms with Crippen LogP contribution in [0, 0.1) is 6.92 Å². The van der Waals surface area contributed by atoms with Crippen molar-refractivity contribution in [1.82, 2.24) is 4.98 Å². The van der Waals surface area contributed by atoms with E-state index in [0.29, 0.717) is 5.69 Å². The normalized spacial score (nSPS) is 11.3. The fraction of sp³-hybridized carbons (Fsp3) is 0.0833. The number of nitrogens with two attached hydrogens (primary N) is 1. The lowest BCUT2D eigenvalue weighted by Gasteiger charge is -2.09. The van der Waals surface area contributed by atoms with Crippen molar-refractivity contribution in [2.75, 3.05) is 10.5 Å². The van der Waals surface area contributed by atoms with Crippen molar-refractivity contribution in [3.05, 3.63) is 46.6 Å². The molecule has 0 unspecified atom stereocenters. The van der Waals surface area contributed by atoms with Crippen molar-refractivity contribution in [2.24, 2.45) is 0 Å². The molecule has 5 nitrogen and oxygen atoms in total. The summed E-state index contributed by atoms with van der Waals surface area (Å²) in [4.78, 5) is 4.09. The molecule has 2 rings (SSSR count). The minimum Gasteiger partial charge on any atom is -0.399 e. The van der Waals surface area contributed by atoms with Crippen molar-refractivity contribution in [2.45, 2.75) is 11.8 Å². The molecule has 0 radical (unpaired) electrons. The van der Waals surface area contributed by atoms with Crippen LogP contribution in [0.25, 0.3) is 0 Å². The molecule has 0 amide bonds. The summed E-state index contributed by atoms with van der Waals surface area (Å²) in [6.07, 6.45) is 1.52. The molecule has 100 valence electrons. The summed E-state index contributed by atoms with van der Waals surface area (Å²) in [5, 5.41) is 0. The minimum absolute atomic E-state index is 0.120. The first-order valence-electron chi connectivity index (χ1n) is 5.38. The summed E-state index contributed by atoms with van der Waals surface area (Å²) in [7, 11) is -3.68. The van der Waals surface area contributed by atoms with Gasteiger partial charge in [-0.05, 0) is 58.7 Å². The predicted octanol–water partition coefficient (Wildman–Crippen LogP) is 2.54. The summed E-state index contributed by atoms with van der Waals surface area (Å²) in [6, 6.07) is 7.94. The van der Waals surface area contributed by atoms with Crippen LogP contribution in [0.1, 0.15) is 5.56 Å². The van der Waals surface area contributed by atoms with E-state index >= 15 is 0 Å². The zero-order chi connectivity index (χ0) is 14.0. The third-order valence-electron chi connectivity index (χ3n) is 2.35. The second kappa shape index (κ2) is 5.18. The number of sulfonamides is 1. The van der Waals surface area contributed by atoms with Crippen molar-refractivity contribution >= 4 is 37.5 Å². The number of pyridine rings is 1. The summed E-state index contributed by atoms with van der Waals surface area (Å²) in [5.74, 6) is 0.253. The number of aromatic nitrogens is 1. The van der Waals surface area contributed by atoms with Crippen LogP contribution in [0.4, 0.5) is 11.5 Å². The average Bonchev–Trinajstić information content (AvgIpc) is 2.31. The van der Waals surface area contributed by atoms with E-state index in [1.54, 1.807) is 31.2 Å². The highest BCUT2D eigenvalue weighted by atomic mass is 79.9. The highest BCUT2D eigenvalue weighted by molar-refractivity contribution is 9.10. The van der Waals surface area contributed by atoms with Crippen molar-refractivity contribution < 1.29 is 8.42 Å². The van der Waals surface area contributed by atoms with E-state index in [0.717, 1.165) is 10.0 Å². The highest BCUT2D eigenvalue weighted by Crippen LogP contribution is 2.19. The van der Waals surface area contributed by atoms with Gasteiger partial charge in [-0.15, -0.1) is 0 Å². The molecule has 0 atom stereocenters. The van der Waals surface area contributed by atoms with Crippen LogP contribution in [0.2, 0.25) is 0 Å². The number of hydrogen-bond donors (Lipinski definition) is 2. The molecule has 1 aromatic heterocycles. The predicted molar refractivity (Wildman–Crippen MR) is 78.3 cm³/mol. The maximum absolute atomic E-state index is 12.2. The number of rotatable bonds is 3. The van der Waals surface area contributed by atoms with Gasteiger partial charge in [-0.1, -0.05) is 0 Å². The maximum atomic E-state index is 12.2. The Morgan fingerprint density at radius 1 is 1.26 bits per heavy atom. The van der Waals surface area contributed by atoms with Crippen LogP contribution < -0.4 is 10.5 Å². The van der Waals surface area contributed by atoms with Crippen LogP contribution >= 0.6 is 15.9 Å². The van der Waals surface area contributed by atoms with E-state index in [1.165, 1.54) is 12.3 Å². The molecule has 1 aromatic carbocycles. The standard InChI is InChI=1S/C12H12BrN3O2S/c1-8-4-10(14)6-11(5-8)19(17,18)16-12-3-2-9(13)7-15-12/h2-7H,14H2,1H3,(H,15,16). The molecular formula is C12H12BrN3O2S. The lowest BCUT2D eigenvalue weighted by atomic mass is 10.2. The quantitative estimate of drug-likeness (QED) is 0.840. The first kappa shape index (κ1) is 13.8. The first-order chi connectivity index (χ1) is 8.87. The van der Waals surface area contributed by atoms with E-state index in [9.17, 15) is 8.42 Å².